The number of piperidine rings is 1. The van der Waals surface area contributed by atoms with Crippen LogP contribution in [0.1, 0.15) is 46.3 Å². The predicted octanol–water partition coefficient (Wildman–Crippen LogP) is 5.43. The van der Waals surface area contributed by atoms with Crippen molar-refractivity contribution in [2.24, 2.45) is 0 Å². The highest BCUT2D eigenvalue weighted by molar-refractivity contribution is 5.97. The van der Waals surface area contributed by atoms with Crippen LogP contribution in [-0.4, -0.2) is 57.3 Å². The van der Waals surface area contributed by atoms with Crippen LogP contribution < -0.4 is 23.7 Å². The number of hydrogen-bond acceptors (Lipinski definition) is 7. The molecule has 1 fully saturated rings. The maximum atomic E-state index is 13.6. The highest BCUT2D eigenvalue weighted by atomic mass is 16.5. The van der Waals surface area contributed by atoms with Crippen molar-refractivity contribution in [1.82, 2.24) is 9.88 Å². The summed E-state index contributed by atoms with van der Waals surface area (Å²) in [7, 11) is 6.34. The molecular formula is C29H34N2O6. The largest absolute Gasteiger partial charge is 0.492 e. The van der Waals surface area contributed by atoms with Gasteiger partial charge in [0.2, 0.25) is 11.5 Å². The van der Waals surface area contributed by atoms with E-state index in [0.29, 0.717) is 46.5 Å². The Labute approximate surface area is 218 Å². The zero-order valence-corrected chi connectivity index (χ0v) is 22.1. The van der Waals surface area contributed by atoms with Crippen LogP contribution >= 0.6 is 0 Å². The fourth-order valence-electron chi connectivity index (χ4n) is 4.81. The van der Waals surface area contributed by atoms with Gasteiger partial charge >= 0.3 is 0 Å². The Hall–Kier alpha value is -3.94. The number of benzene rings is 2. The number of methoxy groups -OCH3 is 4. The van der Waals surface area contributed by atoms with Crippen molar-refractivity contribution in [2.45, 2.75) is 32.6 Å². The monoisotopic (exact) mass is 506 g/mol. The standard InChI is InChI=1S/C29H34N2O6/c1-19-22(26(34-3)28(36-5)27(35-4)25(19)33-2)17-20-9-10-24(37-21-11-13-30-14-12-21)23(18-20)29(32)31-15-7-6-8-16-31/h9-14,18H,6-8,15-17H2,1-5H3. The Morgan fingerprint density at radius 1 is 0.838 bits per heavy atom. The molecule has 0 saturated carbocycles. The van der Waals surface area contributed by atoms with Crippen molar-refractivity contribution in [3.8, 4) is 34.5 Å². The molecule has 0 bridgehead atoms. The molecule has 0 atom stereocenters. The maximum Gasteiger partial charge on any atom is 0.257 e. The lowest BCUT2D eigenvalue weighted by Gasteiger charge is -2.27. The molecule has 3 aromatic rings. The van der Waals surface area contributed by atoms with Crippen molar-refractivity contribution in [3.05, 3.63) is 65.0 Å². The first-order valence-electron chi connectivity index (χ1n) is 12.4. The molecule has 0 radical (unpaired) electrons. The number of pyridine rings is 1. The van der Waals surface area contributed by atoms with Crippen LogP contribution in [-0.2, 0) is 6.42 Å². The van der Waals surface area contributed by atoms with Crippen LogP contribution in [0.5, 0.6) is 34.5 Å². The van der Waals surface area contributed by atoms with Crippen molar-refractivity contribution in [3.63, 3.8) is 0 Å². The van der Waals surface area contributed by atoms with Gasteiger partial charge in [0.1, 0.15) is 11.5 Å². The van der Waals surface area contributed by atoms with Gasteiger partial charge in [-0.1, -0.05) is 6.07 Å². The first kappa shape index (κ1) is 26.1. The third-order valence-corrected chi connectivity index (χ3v) is 6.68. The van der Waals surface area contributed by atoms with E-state index < -0.39 is 0 Å². The molecule has 8 heteroatoms. The average molecular weight is 507 g/mol. The lowest BCUT2D eigenvalue weighted by Crippen LogP contribution is -2.35. The van der Waals surface area contributed by atoms with Crippen molar-refractivity contribution in [1.29, 1.82) is 0 Å². The molecule has 1 aliphatic rings. The van der Waals surface area contributed by atoms with Gasteiger partial charge in [-0.05, 0) is 56.0 Å². The number of hydrogen-bond donors (Lipinski definition) is 0. The van der Waals surface area contributed by atoms with Gasteiger partial charge in [-0.25, -0.2) is 0 Å². The summed E-state index contributed by atoms with van der Waals surface area (Å²) in [5.41, 5.74) is 3.22. The van der Waals surface area contributed by atoms with Gasteiger partial charge in [0.05, 0.1) is 34.0 Å². The van der Waals surface area contributed by atoms with Gasteiger partial charge in [-0.3, -0.25) is 9.78 Å². The van der Waals surface area contributed by atoms with Crippen molar-refractivity contribution in [2.75, 3.05) is 41.5 Å². The summed E-state index contributed by atoms with van der Waals surface area (Å²) in [5, 5.41) is 0. The average Bonchev–Trinajstić information content (AvgIpc) is 2.94. The van der Waals surface area contributed by atoms with E-state index in [1.54, 1.807) is 53.0 Å². The summed E-state index contributed by atoms with van der Waals surface area (Å²) in [5.74, 6) is 3.20. The van der Waals surface area contributed by atoms with Gasteiger partial charge in [0.25, 0.3) is 5.91 Å². The molecule has 1 amide bonds. The van der Waals surface area contributed by atoms with E-state index in [0.717, 1.165) is 49.0 Å². The van der Waals surface area contributed by atoms with E-state index in [2.05, 4.69) is 4.98 Å². The molecule has 1 saturated heterocycles. The number of carbonyl (C=O) groups is 1. The van der Waals surface area contributed by atoms with Gasteiger partial charge in [-0.15, -0.1) is 0 Å². The summed E-state index contributed by atoms with van der Waals surface area (Å²) < 4.78 is 28.8. The zero-order valence-electron chi connectivity index (χ0n) is 22.1. The first-order chi connectivity index (χ1) is 18.0. The lowest BCUT2D eigenvalue weighted by atomic mass is 9.95. The molecule has 0 spiro atoms. The summed E-state index contributed by atoms with van der Waals surface area (Å²) >= 11 is 0. The topological polar surface area (TPSA) is 79.4 Å². The molecule has 196 valence electrons. The number of likely N-dealkylation sites (tertiary alicyclic amines) is 1. The molecule has 2 aromatic carbocycles. The van der Waals surface area contributed by atoms with E-state index in [4.69, 9.17) is 23.7 Å². The molecule has 0 unspecified atom stereocenters. The number of aromatic nitrogens is 1. The van der Waals surface area contributed by atoms with Crippen molar-refractivity contribution >= 4 is 5.91 Å². The molecule has 0 N–H and O–H groups in total. The zero-order chi connectivity index (χ0) is 26.4. The van der Waals surface area contributed by atoms with Crippen LogP contribution in [0.2, 0.25) is 0 Å². The number of ether oxygens (including phenoxy) is 5. The molecule has 2 heterocycles. The van der Waals surface area contributed by atoms with Crippen LogP contribution in [0, 0.1) is 6.92 Å². The normalized spacial score (nSPS) is 13.2. The van der Waals surface area contributed by atoms with Gasteiger partial charge in [-0.2, -0.15) is 0 Å². The number of nitrogens with zero attached hydrogens (tertiary/aromatic N) is 2. The maximum absolute atomic E-state index is 13.6. The van der Waals surface area contributed by atoms with Gasteiger partial charge in [0.15, 0.2) is 11.5 Å². The molecule has 1 aliphatic heterocycles. The second-order valence-corrected chi connectivity index (χ2v) is 8.88. The Morgan fingerprint density at radius 2 is 1.46 bits per heavy atom. The molecule has 8 nitrogen and oxygen atoms in total. The quantitative estimate of drug-likeness (QED) is 0.383. The van der Waals surface area contributed by atoms with Gasteiger partial charge < -0.3 is 28.6 Å². The fourth-order valence-corrected chi connectivity index (χ4v) is 4.81. The van der Waals surface area contributed by atoms with Crippen LogP contribution in [0.3, 0.4) is 0 Å². The molecular weight excluding hydrogens is 472 g/mol. The summed E-state index contributed by atoms with van der Waals surface area (Å²) in [6.07, 6.45) is 6.97. The lowest BCUT2D eigenvalue weighted by molar-refractivity contribution is 0.0721. The highest BCUT2D eigenvalue weighted by Gasteiger charge is 2.27. The van der Waals surface area contributed by atoms with E-state index in [1.165, 1.54) is 0 Å². The van der Waals surface area contributed by atoms with E-state index in [9.17, 15) is 4.79 Å². The molecule has 4 rings (SSSR count). The summed E-state index contributed by atoms with van der Waals surface area (Å²) in [6.45, 7) is 3.45. The molecule has 37 heavy (non-hydrogen) atoms. The third-order valence-electron chi connectivity index (χ3n) is 6.68. The SMILES string of the molecule is COc1c(C)c(Cc2ccc(Oc3ccncc3)c(C(=O)N3CCCCC3)c2)c(OC)c(OC)c1OC. The Morgan fingerprint density at radius 3 is 2.08 bits per heavy atom. The summed E-state index contributed by atoms with van der Waals surface area (Å²) in [6, 6.07) is 9.27. The van der Waals surface area contributed by atoms with E-state index in [1.807, 2.05) is 30.0 Å². The fraction of sp³-hybridized carbons (Fsp3) is 0.379. The third kappa shape index (κ3) is 5.43. The first-order valence-corrected chi connectivity index (χ1v) is 12.4. The Bertz CT molecular complexity index is 1240. The minimum absolute atomic E-state index is 0.0285. The Balaban J connectivity index is 1.78. The smallest absolute Gasteiger partial charge is 0.257 e. The minimum Gasteiger partial charge on any atom is -0.492 e. The van der Waals surface area contributed by atoms with E-state index in [-0.39, 0.29) is 5.91 Å². The predicted molar refractivity (Wildman–Crippen MR) is 141 cm³/mol. The number of carbonyl (C=O) groups excluding carboxylic acids is 1. The van der Waals surface area contributed by atoms with E-state index >= 15 is 0 Å². The van der Waals surface area contributed by atoms with Crippen LogP contribution in [0.15, 0.2) is 42.7 Å². The number of rotatable bonds is 9. The molecule has 1 aromatic heterocycles. The second kappa shape index (κ2) is 11.9. The summed E-state index contributed by atoms with van der Waals surface area (Å²) in [4.78, 5) is 19.6. The van der Waals surface area contributed by atoms with Crippen molar-refractivity contribution < 1.29 is 28.5 Å². The minimum atomic E-state index is -0.0285. The highest BCUT2D eigenvalue weighted by Crippen LogP contribution is 2.50. The Kier molecular flexibility index (Phi) is 8.38. The van der Waals surface area contributed by atoms with Gasteiger partial charge in [0, 0.05) is 43.0 Å². The second-order valence-electron chi connectivity index (χ2n) is 8.88. The van der Waals surface area contributed by atoms with Crippen LogP contribution in [0.25, 0.3) is 0 Å². The molecule has 0 aliphatic carbocycles. The van der Waals surface area contributed by atoms with Crippen LogP contribution in [0.4, 0.5) is 0 Å². The number of amides is 1.